The first-order valence-electron chi connectivity index (χ1n) is 10.1. The van der Waals surface area contributed by atoms with Crippen molar-refractivity contribution >= 4 is 17.6 Å². The molecule has 30 heavy (non-hydrogen) atoms. The van der Waals surface area contributed by atoms with E-state index in [9.17, 15) is 9.90 Å². The van der Waals surface area contributed by atoms with Gasteiger partial charge in [-0.05, 0) is 30.5 Å². The molecule has 0 spiro atoms. The standard InChI is InChI=1S/C23H26ClN3O3/c1-3-5-6-21-26-22(24)20(15-28)27(21)14-16-7-9-17(10-8-16)19-13-25-12-11-18(19)23(29)30-4-2/h7-13,28H,3-6,14-15H2,1-2H3. The van der Waals surface area contributed by atoms with Crippen LogP contribution in [0.2, 0.25) is 5.15 Å². The summed E-state index contributed by atoms with van der Waals surface area (Å²) in [6, 6.07) is 9.57. The van der Waals surface area contributed by atoms with Gasteiger partial charge in [0.2, 0.25) is 0 Å². The maximum Gasteiger partial charge on any atom is 0.338 e. The number of aliphatic hydroxyl groups is 1. The molecule has 0 saturated heterocycles. The maximum absolute atomic E-state index is 12.2. The van der Waals surface area contributed by atoms with Crippen LogP contribution in [0.5, 0.6) is 0 Å². The van der Waals surface area contributed by atoms with Crippen LogP contribution in [0, 0.1) is 0 Å². The molecule has 2 aromatic heterocycles. The van der Waals surface area contributed by atoms with E-state index in [1.54, 1.807) is 25.4 Å². The van der Waals surface area contributed by atoms with Gasteiger partial charge in [-0.2, -0.15) is 0 Å². The van der Waals surface area contributed by atoms with Crippen molar-refractivity contribution in [2.75, 3.05) is 6.61 Å². The molecular weight excluding hydrogens is 402 g/mol. The lowest BCUT2D eigenvalue weighted by Gasteiger charge is -2.12. The SMILES string of the molecule is CCCCc1nc(Cl)c(CO)n1Cc1ccc(-c2cnccc2C(=O)OCC)cc1. The van der Waals surface area contributed by atoms with E-state index in [2.05, 4.69) is 16.9 Å². The van der Waals surface area contributed by atoms with Crippen molar-refractivity contribution < 1.29 is 14.6 Å². The maximum atomic E-state index is 12.2. The number of nitrogens with zero attached hydrogens (tertiary/aromatic N) is 3. The second kappa shape index (κ2) is 10.4. The minimum atomic E-state index is -0.361. The van der Waals surface area contributed by atoms with E-state index >= 15 is 0 Å². The molecule has 1 N–H and O–H groups in total. The van der Waals surface area contributed by atoms with Gasteiger partial charge in [0.1, 0.15) is 5.82 Å². The second-order valence-electron chi connectivity index (χ2n) is 6.95. The number of aliphatic hydroxyl groups excluding tert-OH is 1. The van der Waals surface area contributed by atoms with Gasteiger partial charge in [0.05, 0.1) is 24.5 Å². The van der Waals surface area contributed by atoms with E-state index in [0.717, 1.165) is 41.8 Å². The molecule has 158 valence electrons. The topological polar surface area (TPSA) is 77.2 Å². The van der Waals surface area contributed by atoms with Crippen molar-refractivity contribution in [2.24, 2.45) is 0 Å². The Bertz CT molecular complexity index is 999. The monoisotopic (exact) mass is 427 g/mol. The zero-order valence-corrected chi connectivity index (χ0v) is 18.0. The molecule has 0 radical (unpaired) electrons. The smallest absolute Gasteiger partial charge is 0.338 e. The zero-order valence-electron chi connectivity index (χ0n) is 17.3. The van der Waals surface area contributed by atoms with Gasteiger partial charge in [-0.15, -0.1) is 0 Å². The van der Waals surface area contributed by atoms with Gasteiger partial charge in [0.15, 0.2) is 5.15 Å². The van der Waals surface area contributed by atoms with E-state index in [4.69, 9.17) is 16.3 Å². The van der Waals surface area contributed by atoms with Gasteiger partial charge < -0.3 is 14.4 Å². The third-order valence-electron chi connectivity index (χ3n) is 4.93. The zero-order chi connectivity index (χ0) is 21.5. The number of rotatable bonds is 9. The first-order valence-corrected chi connectivity index (χ1v) is 10.5. The first kappa shape index (κ1) is 22.0. The van der Waals surface area contributed by atoms with Crippen LogP contribution in [0.15, 0.2) is 42.7 Å². The summed E-state index contributed by atoms with van der Waals surface area (Å²) in [4.78, 5) is 20.8. The Balaban J connectivity index is 1.87. The molecule has 0 amide bonds. The molecule has 0 bridgehead atoms. The number of unbranched alkanes of at least 4 members (excludes halogenated alkanes) is 1. The van der Waals surface area contributed by atoms with Crippen LogP contribution in [-0.4, -0.2) is 32.2 Å². The third-order valence-corrected chi connectivity index (χ3v) is 5.23. The molecule has 0 aliphatic carbocycles. The third kappa shape index (κ3) is 4.89. The summed E-state index contributed by atoms with van der Waals surface area (Å²) in [5.41, 5.74) is 3.77. The molecule has 3 aromatic rings. The predicted molar refractivity (Wildman–Crippen MR) is 117 cm³/mol. The lowest BCUT2D eigenvalue weighted by atomic mass is 10.0. The quantitative estimate of drug-likeness (QED) is 0.502. The number of esters is 1. The molecule has 2 heterocycles. The van der Waals surface area contributed by atoms with Crippen molar-refractivity contribution in [3.63, 3.8) is 0 Å². The Morgan fingerprint density at radius 1 is 1.20 bits per heavy atom. The number of benzene rings is 1. The Labute approximate surface area is 181 Å². The number of aromatic nitrogens is 3. The molecular formula is C23H26ClN3O3. The van der Waals surface area contributed by atoms with E-state index in [1.807, 2.05) is 28.8 Å². The summed E-state index contributed by atoms with van der Waals surface area (Å²) in [7, 11) is 0. The van der Waals surface area contributed by atoms with Crippen molar-refractivity contribution in [3.05, 3.63) is 70.5 Å². The van der Waals surface area contributed by atoms with E-state index in [-0.39, 0.29) is 12.6 Å². The Kier molecular flexibility index (Phi) is 7.60. The average Bonchev–Trinajstić information content (AvgIpc) is 3.06. The van der Waals surface area contributed by atoms with Gasteiger partial charge in [-0.1, -0.05) is 49.2 Å². The van der Waals surface area contributed by atoms with Gasteiger partial charge in [-0.25, -0.2) is 9.78 Å². The van der Waals surface area contributed by atoms with Gasteiger partial charge in [0, 0.05) is 30.9 Å². The van der Waals surface area contributed by atoms with Crippen LogP contribution in [-0.2, 0) is 24.3 Å². The highest BCUT2D eigenvalue weighted by Crippen LogP contribution is 2.25. The number of aryl methyl sites for hydroxylation is 1. The molecule has 0 saturated carbocycles. The Hall–Kier alpha value is -2.70. The first-order chi connectivity index (χ1) is 14.6. The number of ether oxygens (including phenoxy) is 1. The van der Waals surface area contributed by atoms with Crippen LogP contribution in [0.25, 0.3) is 11.1 Å². The number of hydrogen-bond donors (Lipinski definition) is 1. The number of imidazole rings is 1. The summed E-state index contributed by atoms with van der Waals surface area (Å²) in [6.07, 6.45) is 6.13. The fourth-order valence-electron chi connectivity index (χ4n) is 3.35. The summed E-state index contributed by atoms with van der Waals surface area (Å²) in [6.45, 7) is 4.64. The van der Waals surface area contributed by atoms with Crippen molar-refractivity contribution in [2.45, 2.75) is 46.3 Å². The highest BCUT2D eigenvalue weighted by Gasteiger charge is 2.16. The van der Waals surface area contributed by atoms with Gasteiger partial charge in [0.25, 0.3) is 0 Å². The second-order valence-corrected chi connectivity index (χ2v) is 7.31. The normalized spacial score (nSPS) is 10.9. The molecule has 0 aliphatic rings. The lowest BCUT2D eigenvalue weighted by molar-refractivity contribution is 0.0527. The minimum Gasteiger partial charge on any atom is -0.462 e. The molecule has 0 atom stereocenters. The van der Waals surface area contributed by atoms with Gasteiger partial charge >= 0.3 is 5.97 Å². The molecule has 3 rings (SSSR count). The molecule has 0 aliphatic heterocycles. The van der Waals surface area contributed by atoms with Crippen LogP contribution >= 0.6 is 11.6 Å². The number of carbonyl (C=O) groups is 1. The predicted octanol–water partition coefficient (Wildman–Crippen LogP) is 4.66. The molecule has 0 fully saturated rings. The Morgan fingerprint density at radius 2 is 1.97 bits per heavy atom. The fraction of sp³-hybridized carbons (Fsp3) is 0.348. The van der Waals surface area contributed by atoms with Crippen molar-refractivity contribution in [3.8, 4) is 11.1 Å². The van der Waals surface area contributed by atoms with E-state index < -0.39 is 0 Å². The van der Waals surface area contributed by atoms with Crippen LogP contribution in [0.3, 0.4) is 0 Å². The minimum absolute atomic E-state index is 0.158. The number of halogens is 1. The highest BCUT2D eigenvalue weighted by atomic mass is 35.5. The highest BCUT2D eigenvalue weighted by molar-refractivity contribution is 6.30. The number of carbonyl (C=O) groups excluding carboxylic acids is 1. The van der Waals surface area contributed by atoms with Crippen LogP contribution < -0.4 is 0 Å². The van der Waals surface area contributed by atoms with E-state index in [0.29, 0.717) is 29.6 Å². The van der Waals surface area contributed by atoms with Crippen molar-refractivity contribution in [1.82, 2.24) is 14.5 Å². The van der Waals surface area contributed by atoms with Crippen LogP contribution in [0.1, 0.15) is 54.1 Å². The summed E-state index contributed by atoms with van der Waals surface area (Å²) >= 11 is 6.23. The lowest BCUT2D eigenvalue weighted by Crippen LogP contribution is -2.09. The van der Waals surface area contributed by atoms with Crippen molar-refractivity contribution in [1.29, 1.82) is 0 Å². The molecule has 7 heteroatoms. The average molecular weight is 428 g/mol. The van der Waals surface area contributed by atoms with Crippen LogP contribution in [0.4, 0.5) is 0 Å². The largest absolute Gasteiger partial charge is 0.462 e. The van der Waals surface area contributed by atoms with E-state index in [1.165, 1.54) is 0 Å². The number of pyridine rings is 1. The summed E-state index contributed by atoms with van der Waals surface area (Å²) < 4.78 is 7.14. The number of hydrogen-bond acceptors (Lipinski definition) is 5. The molecule has 1 aromatic carbocycles. The molecule has 0 unspecified atom stereocenters. The Morgan fingerprint density at radius 3 is 2.63 bits per heavy atom. The summed E-state index contributed by atoms with van der Waals surface area (Å²) in [5.74, 6) is 0.520. The summed E-state index contributed by atoms with van der Waals surface area (Å²) in [5, 5.41) is 10.1. The van der Waals surface area contributed by atoms with Gasteiger partial charge in [-0.3, -0.25) is 4.98 Å². The fourth-order valence-corrected chi connectivity index (χ4v) is 3.61. The molecule has 6 nitrogen and oxygen atoms in total.